The van der Waals surface area contributed by atoms with Gasteiger partial charge in [0.15, 0.2) is 0 Å². The maximum atomic E-state index is 12.1. The summed E-state index contributed by atoms with van der Waals surface area (Å²) in [6.45, 7) is 2.21. The summed E-state index contributed by atoms with van der Waals surface area (Å²) < 4.78 is 4.84. The van der Waals surface area contributed by atoms with E-state index in [0.717, 1.165) is 25.7 Å². The number of likely N-dealkylation sites (N-methyl/N-ethyl adjacent to an activating group) is 1. The van der Waals surface area contributed by atoms with Crippen LogP contribution in [0.3, 0.4) is 0 Å². The van der Waals surface area contributed by atoms with E-state index in [2.05, 4.69) is 0 Å². The third-order valence-corrected chi connectivity index (χ3v) is 3.25. The molecule has 1 fully saturated rings. The van der Waals surface area contributed by atoms with Crippen molar-refractivity contribution in [1.29, 1.82) is 0 Å². The first kappa shape index (κ1) is 14.0. The molecule has 0 aromatic heterocycles. The monoisotopic (exact) mass is 241 g/mol. The van der Waals surface area contributed by atoms with Crippen molar-refractivity contribution in [2.24, 2.45) is 5.92 Å². The molecule has 4 nitrogen and oxygen atoms in total. The molecule has 17 heavy (non-hydrogen) atoms. The Morgan fingerprint density at radius 3 is 2.29 bits per heavy atom. The van der Waals surface area contributed by atoms with Gasteiger partial charge in [-0.3, -0.25) is 9.59 Å². The zero-order valence-corrected chi connectivity index (χ0v) is 10.9. The number of rotatable bonds is 4. The highest BCUT2D eigenvalue weighted by molar-refractivity contribution is 5.83. The minimum atomic E-state index is -0.322. The molecule has 1 aliphatic carbocycles. The second-order valence-corrected chi connectivity index (χ2v) is 4.69. The van der Waals surface area contributed by atoms with E-state index in [0.29, 0.717) is 6.61 Å². The maximum absolute atomic E-state index is 12.1. The molecule has 1 amide bonds. The molecule has 0 N–H and O–H groups in total. The van der Waals surface area contributed by atoms with Crippen LogP contribution in [0.4, 0.5) is 0 Å². The number of esters is 1. The average molecular weight is 241 g/mol. The minimum absolute atomic E-state index is 0.0726. The van der Waals surface area contributed by atoms with Crippen molar-refractivity contribution in [2.45, 2.75) is 45.4 Å². The Morgan fingerprint density at radius 2 is 1.76 bits per heavy atom. The van der Waals surface area contributed by atoms with Gasteiger partial charge < -0.3 is 9.64 Å². The summed E-state index contributed by atoms with van der Waals surface area (Å²) in [5.41, 5.74) is 0. The smallest absolute Gasteiger partial charge is 0.325 e. The summed E-state index contributed by atoms with van der Waals surface area (Å²) in [5.74, 6) is -0.117. The van der Waals surface area contributed by atoms with E-state index in [4.69, 9.17) is 4.74 Å². The van der Waals surface area contributed by atoms with Crippen LogP contribution in [-0.2, 0) is 14.3 Å². The van der Waals surface area contributed by atoms with E-state index < -0.39 is 0 Å². The predicted molar refractivity (Wildman–Crippen MR) is 65.5 cm³/mol. The highest BCUT2D eigenvalue weighted by atomic mass is 16.5. The van der Waals surface area contributed by atoms with Crippen LogP contribution in [0.5, 0.6) is 0 Å². The zero-order valence-electron chi connectivity index (χ0n) is 10.9. The number of ether oxygens (including phenoxy) is 1. The zero-order chi connectivity index (χ0) is 12.7. The molecule has 98 valence electrons. The lowest BCUT2D eigenvalue weighted by atomic mass is 9.99. The highest BCUT2D eigenvalue weighted by Crippen LogP contribution is 2.24. The van der Waals surface area contributed by atoms with Crippen molar-refractivity contribution in [3.05, 3.63) is 0 Å². The molecule has 0 unspecified atom stereocenters. The fourth-order valence-corrected chi connectivity index (χ4v) is 2.32. The van der Waals surface area contributed by atoms with Gasteiger partial charge in [0.05, 0.1) is 6.61 Å². The van der Waals surface area contributed by atoms with Crippen molar-refractivity contribution in [1.82, 2.24) is 4.90 Å². The van der Waals surface area contributed by atoms with Crippen LogP contribution in [0.1, 0.15) is 45.4 Å². The van der Waals surface area contributed by atoms with Crippen molar-refractivity contribution in [3.63, 3.8) is 0 Å². The number of carbonyl (C=O) groups is 2. The fourth-order valence-electron chi connectivity index (χ4n) is 2.32. The molecule has 0 aromatic carbocycles. The normalized spacial score (nSPS) is 17.3. The van der Waals surface area contributed by atoms with E-state index in [-0.39, 0.29) is 24.3 Å². The summed E-state index contributed by atoms with van der Waals surface area (Å²) in [7, 11) is 1.68. The molecule has 1 saturated carbocycles. The topological polar surface area (TPSA) is 46.6 Å². The summed E-state index contributed by atoms with van der Waals surface area (Å²) >= 11 is 0. The van der Waals surface area contributed by atoms with Gasteiger partial charge >= 0.3 is 5.97 Å². The van der Waals surface area contributed by atoms with Crippen LogP contribution in [0.15, 0.2) is 0 Å². The SMILES string of the molecule is CCOC(=O)CN(C)C(=O)C1CCCCCC1. The summed E-state index contributed by atoms with van der Waals surface area (Å²) in [5, 5.41) is 0. The Balaban J connectivity index is 2.41. The molecule has 1 rings (SSSR count). The molecule has 0 atom stereocenters. The average Bonchev–Trinajstić information content (AvgIpc) is 2.56. The second kappa shape index (κ2) is 7.30. The van der Waals surface area contributed by atoms with Gasteiger partial charge in [0, 0.05) is 13.0 Å². The lowest BCUT2D eigenvalue weighted by Crippen LogP contribution is -2.37. The van der Waals surface area contributed by atoms with Gasteiger partial charge in [-0.05, 0) is 19.8 Å². The second-order valence-electron chi connectivity index (χ2n) is 4.69. The predicted octanol–water partition coefficient (Wildman–Crippen LogP) is 1.98. The fraction of sp³-hybridized carbons (Fsp3) is 0.846. The molecular weight excluding hydrogens is 218 g/mol. The molecule has 0 bridgehead atoms. The van der Waals surface area contributed by atoms with Crippen molar-refractivity contribution < 1.29 is 14.3 Å². The summed E-state index contributed by atoms with van der Waals surface area (Å²) in [6.07, 6.45) is 6.64. The third-order valence-electron chi connectivity index (χ3n) is 3.25. The van der Waals surface area contributed by atoms with E-state index in [1.54, 1.807) is 14.0 Å². The first-order chi connectivity index (χ1) is 8.15. The minimum Gasteiger partial charge on any atom is -0.465 e. The highest BCUT2D eigenvalue weighted by Gasteiger charge is 2.24. The van der Waals surface area contributed by atoms with Gasteiger partial charge in [0.1, 0.15) is 6.54 Å². The lowest BCUT2D eigenvalue weighted by Gasteiger charge is -2.21. The maximum Gasteiger partial charge on any atom is 0.325 e. The van der Waals surface area contributed by atoms with E-state index in [1.807, 2.05) is 0 Å². The number of hydrogen-bond donors (Lipinski definition) is 0. The number of nitrogens with zero attached hydrogens (tertiary/aromatic N) is 1. The van der Waals surface area contributed by atoms with Crippen molar-refractivity contribution >= 4 is 11.9 Å². The van der Waals surface area contributed by atoms with Crippen molar-refractivity contribution in [2.75, 3.05) is 20.2 Å². The molecular formula is C13H23NO3. The molecule has 1 aliphatic rings. The molecule has 0 heterocycles. The van der Waals surface area contributed by atoms with E-state index >= 15 is 0 Å². The molecule has 0 saturated heterocycles. The molecule has 0 aliphatic heterocycles. The van der Waals surface area contributed by atoms with Gasteiger partial charge in [-0.2, -0.15) is 0 Å². The number of hydrogen-bond acceptors (Lipinski definition) is 3. The Kier molecular flexibility index (Phi) is 6.01. The standard InChI is InChI=1S/C13H23NO3/c1-3-17-12(15)10-14(2)13(16)11-8-6-4-5-7-9-11/h11H,3-10H2,1-2H3. The Morgan fingerprint density at radius 1 is 1.18 bits per heavy atom. The number of amides is 1. The van der Waals surface area contributed by atoms with Gasteiger partial charge in [-0.1, -0.05) is 25.7 Å². The molecule has 0 spiro atoms. The van der Waals surface area contributed by atoms with Gasteiger partial charge in [-0.25, -0.2) is 0 Å². The Bertz CT molecular complexity index is 257. The van der Waals surface area contributed by atoms with E-state index in [9.17, 15) is 9.59 Å². The third kappa shape index (κ3) is 4.75. The first-order valence-electron chi connectivity index (χ1n) is 6.55. The van der Waals surface area contributed by atoms with Crippen LogP contribution in [0.25, 0.3) is 0 Å². The quantitative estimate of drug-likeness (QED) is 0.558. The van der Waals surface area contributed by atoms with Crippen LogP contribution in [0.2, 0.25) is 0 Å². The van der Waals surface area contributed by atoms with Crippen LogP contribution >= 0.6 is 0 Å². The molecule has 0 radical (unpaired) electrons. The van der Waals surface area contributed by atoms with Crippen molar-refractivity contribution in [3.8, 4) is 0 Å². The molecule has 0 aromatic rings. The van der Waals surface area contributed by atoms with Gasteiger partial charge in [0.2, 0.25) is 5.91 Å². The van der Waals surface area contributed by atoms with Crippen LogP contribution < -0.4 is 0 Å². The Labute approximate surface area is 103 Å². The van der Waals surface area contributed by atoms with E-state index in [1.165, 1.54) is 17.7 Å². The summed E-state index contributed by atoms with van der Waals surface area (Å²) in [6, 6.07) is 0. The number of carbonyl (C=O) groups excluding carboxylic acids is 2. The summed E-state index contributed by atoms with van der Waals surface area (Å²) in [4.78, 5) is 24.9. The Hall–Kier alpha value is -1.06. The first-order valence-corrected chi connectivity index (χ1v) is 6.55. The lowest BCUT2D eigenvalue weighted by molar-refractivity contribution is -0.149. The largest absolute Gasteiger partial charge is 0.465 e. The molecule has 4 heteroatoms. The van der Waals surface area contributed by atoms with Gasteiger partial charge in [-0.15, -0.1) is 0 Å². The van der Waals surface area contributed by atoms with Gasteiger partial charge in [0.25, 0.3) is 0 Å². The van der Waals surface area contributed by atoms with Crippen LogP contribution in [-0.4, -0.2) is 37.0 Å². The van der Waals surface area contributed by atoms with Crippen LogP contribution in [0, 0.1) is 5.92 Å².